The zero-order valence-electron chi connectivity index (χ0n) is 24.5. The summed E-state index contributed by atoms with van der Waals surface area (Å²) in [6.45, 7) is 1.77. The minimum atomic E-state index is -0.543. The van der Waals surface area contributed by atoms with Crippen molar-refractivity contribution in [3.05, 3.63) is 126 Å². The molecule has 0 bridgehead atoms. The highest BCUT2D eigenvalue weighted by molar-refractivity contribution is 8.00. The van der Waals surface area contributed by atoms with E-state index in [9.17, 15) is 19.2 Å². The molecule has 0 aromatic heterocycles. The highest BCUT2D eigenvalue weighted by Gasteiger charge is 2.18. The third-order valence-electron chi connectivity index (χ3n) is 6.46. The van der Waals surface area contributed by atoms with Gasteiger partial charge >= 0.3 is 0 Å². The van der Waals surface area contributed by atoms with E-state index in [2.05, 4.69) is 16.0 Å². The van der Waals surface area contributed by atoms with Crippen LogP contribution < -0.4 is 26.6 Å². The van der Waals surface area contributed by atoms with E-state index >= 15 is 0 Å². The summed E-state index contributed by atoms with van der Waals surface area (Å²) in [5.74, 6) is -1.69. The maximum atomic E-state index is 13.5. The first-order valence-electron chi connectivity index (χ1n) is 13.7. The number of thioether (sulfide) groups is 1. The fourth-order valence-corrected chi connectivity index (χ4v) is 4.97. The van der Waals surface area contributed by atoms with Crippen molar-refractivity contribution in [2.45, 2.75) is 17.1 Å². The molecule has 44 heavy (non-hydrogen) atoms. The number of anilines is 3. The molecule has 0 saturated carbocycles. The summed E-state index contributed by atoms with van der Waals surface area (Å²) in [6.07, 6.45) is 1.62. The summed E-state index contributed by atoms with van der Waals surface area (Å²) in [5.41, 5.74) is 8.90. The summed E-state index contributed by atoms with van der Waals surface area (Å²) < 4.78 is 0. The Morgan fingerprint density at radius 3 is 2.09 bits per heavy atom. The average molecular weight is 608 g/mol. The van der Waals surface area contributed by atoms with Crippen molar-refractivity contribution in [3.8, 4) is 0 Å². The van der Waals surface area contributed by atoms with Crippen LogP contribution in [-0.4, -0.2) is 43.0 Å². The average Bonchev–Trinajstić information content (AvgIpc) is 3.01. The van der Waals surface area contributed by atoms with Gasteiger partial charge in [0.1, 0.15) is 5.70 Å². The molecule has 4 aromatic carbocycles. The lowest BCUT2D eigenvalue weighted by atomic mass is 10.1. The van der Waals surface area contributed by atoms with E-state index in [-0.39, 0.29) is 11.6 Å². The number of carbonyl (C=O) groups excluding carboxylic acids is 4. The van der Waals surface area contributed by atoms with Gasteiger partial charge in [-0.05, 0) is 85.3 Å². The number of rotatable bonds is 11. The van der Waals surface area contributed by atoms with Crippen LogP contribution in [0.5, 0.6) is 0 Å². The molecule has 0 heterocycles. The number of hydrogen-bond acceptors (Lipinski definition) is 6. The van der Waals surface area contributed by atoms with Gasteiger partial charge in [-0.25, -0.2) is 0 Å². The smallest absolute Gasteiger partial charge is 0.272 e. The predicted molar refractivity (Wildman–Crippen MR) is 177 cm³/mol. The topological polar surface area (TPSA) is 134 Å². The van der Waals surface area contributed by atoms with E-state index in [0.29, 0.717) is 22.5 Å². The number of amides is 4. The Bertz CT molecular complexity index is 1670. The number of primary amides is 1. The summed E-state index contributed by atoms with van der Waals surface area (Å²) >= 11 is 1.32. The van der Waals surface area contributed by atoms with E-state index < -0.39 is 23.0 Å². The molecule has 4 amide bonds. The first-order chi connectivity index (χ1) is 21.1. The van der Waals surface area contributed by atoms with Gasteiger partial charge in [-0.15, -0.1) is 11.8 Å². The highest BCUT2D eigenvalue weighted by Crippen LogP contribution is 2.27. The predicted octanol–water partition coefficient (Wildman–Crippen LogP) is 5.38. The highest BCUT2D eigenvalue weighted by atomic mass is 32.2. The Hall–Kier alpha value is -5.35. The van der Waals surface area contributed by atoms with Gasteiger partial charge in [-0.2, -0.15) is 0 Å². The van der Waals surface area contributed by atoms with Crippen molar-refractivity contribution >= 4 is 58.5 Å². The van der Waals surface area contributed by atoms with Gasteiger partial charge in [-0.3, -0.25) is 19.2 Å². The molecule has 0 radical (unpaired) electrons. The summed E-state index contributed by atoms with van der Waals surface area (Å²) in [5, 5.41) is 7.97. The molecule has 4 aromatic rings. The first kappa shape index (κ1) is 31.6. The second-order valence-electron chi connectivity index (χ2n) is 10.0. The van der Waals surface area contributed by atoms with Crippen LogP contribution in [0.3, 0.4) is 0 Å². The fourth-order valence-electron chi connectivity index (χ4n) is 4.04. The Morgan fingerprint density at radius 2 is 1.45 bits per heavy atom. The second-order valence-corrected chi connectivity index (χ2v) is 11.5. The molecular formula is C34H33N5O4S. The zero-order chi connectivity index (χ0) is 31.6. The maximum Gasteiger partial charge on any atom is 0.272 e. The van der Waals surface area contributed by atoms with Gasteiger partial charge in [0.2, 0.25) is 11.8 Å². The molecule has 0 aliphatic carbocycles. The normalized spacial score (nSPS) is 11.7. The monoisotopic (exact) mass is 607 g/mol. The molecular weight excluding hydrogens is 574 g/mol. The van der Waals surface area contributed by atoms with Crippen molar-refractivity contribution in [2.75, 3.05) is 29.6 Å². The van der Waals surface area contributed by atoms with Crippen molar-refractivity contribution in [1.82, 2.24) is 5.32 Å². The van der Waals surface area contributed by atoms with Gasteiger partial charge in [0.05, 0.1) is 5.25 Å². The van der Waals surface area contributed by atoms with E-state index in [0.717, 1.165) is 16.1 Å². The summed E-state index contributed by atoms with van der Waals surface area (Å²) in [6, 6.07) is 29.7. The number of hydrogen-bond donors (Lipinski definition) is 4. The number of carbonyl (C=O) groups is 4. The SMILES string of the molecule is CC(Sc1cccc(NC(=O)/C(=C\c2ccc(N(C)C)cc2)NC(=O)c2ccccc2)c1)C(=O)Nc1ccc(C(N)=O)cc1. The van der Waals surface area contributed by atoms with Crippen LogP contribution in [0, 0.1) is 0 Å². The molecule has 224 valence electrons. The maximum absolute atomic E-state index is 13.5. The molecule has 0 spiro atoms. The summed E-state index contributed by atoms with van der Waals surface area (Å²) in [7, 11) is 3.88. The molecule has 10 heteroatoms. The Morgan fingerprint density at radius 1 is 0.773 bits per heavy atom. The molecule has 5 N–H and O–H groups in total. The van der Waals surface area contributed by atoms with E-state index in [1.54, 1.807) is 79.7 Å². The number of nitrogens with zero attached hydrogens (tertiary/aromatic N) is 1. The molecule has 9 nitrogen and oxygen atoms in total. The van der Waals surface area contributed by atoms with Crippen LogP contribution in [-0.2, 0) is 9.59 Å². The zero-order valence-corrected chi connectivity index (χ0v) is 25.4. The minimum absolute atomic E-state index is 0.0737. The van der Waals surface area contributed by atoms with Crippen molar-refractivity contribution in [2.24, 2.45) is 5.73 Å². The third kappa shape index (κ3) is 8.83. The lowest BCUT2D eigenvalue weighted by Crippen LogP contribution is -2.30. The molecule has 0 saturated heterocycles. The van der Waals surface area contributed by atoms with Crippen LogP contribution >= 0.6 is 11.8 Å². The molecule has 1 unspecified atom stereocenters. The first-order valence-corrected chi connectivity index (χ1v) is 14.6. The molecule has 0 aliphatic rings. The minimum Gasteiger partial charge on any atom is -0.378 e. The van der Waals surface area contributed by atoms with Crippen molar-refractivity contribution < 1.29 is 19.2 Å². The van der Waals surface area contributed by atoms with E-state index in [4.69, 9.17) is 5.73 Å². The molecule has 4 rings (SSSR count). The summed E-state index contributed by atoms with van der Waals surface area (Å²) in [4.78, 5) is 53.2. The van der Waals surface area contributed by atoms with Gasteiger partial charge in [0.25, 0.3) is 11.8 Å². The largest absolute Gasteiger partial charge is 0.378 e. The molecule has 1 atom stereocenters. The molecule has 0 fully saturated rings. The molecule has 0 aliphatic heterocycles. The Labute approximate surface area is 260 Å². The third-order valence-corrected chi connectivity index (χ3v) is 7.55. The lowest BCUT2D eigenvalue weighted by Gasteiger charge is -2.15. The van der Waals surface area contributed by atoms with Crippen LogP contribution in [0.2, 0.25) is 0 Å². The number of benzene rings is 4. The van der Waals surface area contributed by atoms with Crippen LogP contribution in [0.1, 0.15) is 33.2 Å². The van der Waals surface area contributed by atoms with Crippen molar-refractivity contribution in [3.63, 3.8) is 0 Å². The number of nitrogens with one attached hydrogen (secondary N) is 3. The fraction of sp³-hybridized carbons (Fsp3) is 0.118. The van der Waals surface area contributed by atoms with Crippen LogP contribution in [0.4, 0.5) is 17.1 Å². The quantitative estimate of drug-likeness (QED) is 0.134. The lowest BCUT2D eigenvalue weighted by molar-refractivity contribution is -0.115. The standard InChI is InChI=1S/C34H33N5O4S/c1-22(32(41)36-26-16-14-24(15-17-26)31(35)40)44-29-11-7-10-27(21-29)37-34(43)30(38-33(42)25-8-5-4-6-9-25)20-23-12-18-28(19-13-23)39(2)3/h4-22H,1-3H3,(H2,35,40)(H,36,41)(H,37,43)(H,38,42)/b30-20+. The van der Waals surface area contributed by atoms with Gasteiger partial charge in [0, 0.05) is 47.2 Å². The number of nitrogens with two attached hydrogens (primary N) is 1. The second kappa shape index (κ2) is 14.7. The van der Waals surface area contributed by atoms with Gasteiger partial charge in [0.15, 0.2) is 0 Å². The van der Waals surface area contributed by atoms with Crippen LogP contribution in [0.25, 0.3) is 6.08 Å². The van der Waals surface area contributed by atoms with E-state index in [1.807, 2.05) is 55.4 Å². The van der Waals surface area contributed by atoms with E-state index in [1.165, 1.54) is 11.8 Å². The van der Waals surface area contributed by atoms with Gasteiger partial charge in [-0.1, -0.05) is 36.4 Å². The Kier molecular flexibility index (Phi) is 10.6. The van der Waals surface area contributed by atoms with Gasteiger partial charge < -0.3 is 26.6 Å². The Balaban J connectivity index is 1.47. The van der Waals surface area contributed by atoms with Crippen LogP contribution in [0.15, 0.2) is 114 Å². The van der Waals surface area contributed by atoms with Crippen molar-refractivity contribution in [1.29, 1.82) is 0 Å².